The van der Waals surface area contributed by atoms with Crippen LogP contribution in [0.5, 0.6) is 0 Å². The number of nitrogens with one attached hydrogen (secondary N) is 2. The molecule has 3 aromatic carbocycles. The van der Waals surface area contributed by atoms with Crippen LogP contribution in [0.4, 0.5) is 10.2 Å². The summed E-state index contributed by atoms with van der Waals surface area (Å²) in [6, 6.07) is 16.7. The van der Waals surface area contributed by atoms with E-state index in [9.17, 15) is 12.8 Å². The van der Waals surface area contributed by atoms with Crippen LogP contribution in [0.1, 0.15) is 11.1 Å². The largest absolute Gasteiger partial charge is 0.380 e. The molecule has 1 aromatic heterocycles. The number of ether oxygens (including phenoxy) is 1. The van der Waals surface area contributed by atoms with Crippen LogP contribution in [0.25, 0.3) is 22.0 Å². The van der Waals surface area contributed by atoms with E-state index in [1.807, 2.05) is 18.2 Å². The number of hydrogen-bond acceptors (Lipinski definition) is 6. The van der Waals surface area contributed by atoms with Gasteiger partial charge in [0.2, 0.25) is 10.0 Å². The Balaban J connectivity index is 1.58. The van der Waals surface area contributed by atoms with Gasteiger partial charge in [-0.25, -0.2) is 27.5 Å². The van der Waals surface area contributed by atoms with Crippen molar-refractivity contribution in [3.05, 3.63) is 83.9 Å². The summed E-state index contributed by atoms with van der Waals surface area (Å²) in [6.07, 6.45) is 1.49. The summed E-state index contributed by atoms with van der Waals surface area (Å²) in [5.74, 6) is 0.199. The van der Waals surface area contributed by atoms with Gasteiger partial charge in [0.05, 0.1) is 17.0 Å². The number of hydrogen-bond donors (Lipinski definition) is 2. The summed E-state index contributed by atoms with van der Waals surface area (Å²) in [5, 5.41) is 3.87. The smallest absolute Gasteiger partial charge is 0.240 e. The molecular weight excluding hydrogens is 443 g/mol. The van der Waals surface area contributed by atoms with Crippen molar-refractivity contribution in [3.8, 4) is 11.1 Å². The number of methoxy groups -OCH3 is 1. The average Bonchev–Trinajstić information content (AvgIpc) is 2.83. The van der Waals surface area contributed by atoms with E-state index in [0.29, 0.717) is 12.4 Å². The molecule has 0 saturated carbocycles. The normalized spacial score (nSPS) is 11.6. The Morgan fingerprint density at radius 2 is 1.70 bits per heavy atom. The Morgan fingerprint density at radius 1 is 0.970 bits per heavy atom. The second kappa shape index (κ2) is 9.62. The topological polar surface area (TPSA) is 93.2 Å². The maximum atomic E-state index is 14.5. The molecule has 0 aliphatic carbocycles. The van der Waals surface area contributed by atoms with Gasteiger partial charge in [0.1, 0.15) is 18.0 Å². The molecule has 0 aliphatic rings. The Kier molecular flexibility index (Phi) is 6.64. The monoisotopic (exact) mass is 466 g/mol. The molecule has 1 heterocycles. The SMILES string of the molecule is CNc1ncnc2ccc(-c3ccc(F)c(CNS(=O)(=O)c4ccc(COC)cc4)c3)cc12. The molecule has 0 aliphatic heterocycles. The molecule has 0 radical (unpaired) electrons. The van der Waals surface area contributed by atoms with Gasteiger partial charge in [-0.1, -0.05) is 24.3 Å². The number of fused-ring (bicyclic) bond motifs is 1. The zero-order valence-corrected chi connectivity index (χ0v) is 19.0. The van der Waals surface area contributed by atoms with Crippen LogP contribution in [0, 0.1) is 5.82 Å². The molecule has 7 nitrogen and oxygen atoms in total. The van der Waals surface area contributed by atoms with Gasteiger partial charge in [-0.05, 0) is 53.1 Å². The molecular formula is C24H23FN4O3S. The maximum Gasteiger partial charge on any atom is 0.240 e. The number of benzene rings is 3. The number of nitrogens with zero attached hydrogens (tertiary/aromatic N) is 2. The molecule has 0 amide bonds. The summed E-state index contributed by atoms with van der Waals surface area (Å²) in [6.45, 7) is 0.211. The van der Waals surface area contributed by atoms with Gasteiger partial charge < -0.3 is 10.1 Å². The average molecular weight is 467 g/mol. The van der Waals surface area contributed by atoms with Crippen molar-refractivity contribution < 1.29 is 17.5 Å². The third-order valence-electron chi connectivity index (χ3n) is 5.25. The number of aromatic nitrogens is 2. The van der Waals surface area contributed by atoms with Gasteiger partial charge in [-0.15, -0.1) is 0 Å². The Hall–Kier alpha value is -3.40. The minimum Gasteiger partial charge on any atom is -0.380 e. The highest BCUT2D eigenvalue weighted by atomic mass is 32.2. The van der Waals surface area contributed by atoms with Crippen molar-refractivity contribution in [3.63, 3.8) is 0 Å². The highest BCUT2D eigenvalue weighted by molar-refractivity contribution is 7.89. The lowest BCUT2D eigenvalue weighted by atomic mass is 10.0. The van der Waals surface area contributed by atoms with E-state index >= 15 is 0 Å². The quantitative estimate of drug-likeness (QED) is 0.406. The number of halogens is 1. The number of anilines is 1. The van der Waals surface area contributed by atoms with E-state index in [1.54, 1.807) is 38.4 Å². The zero-order chi connectivity index (χ0) is 23.4. The van der Waals surface area contributed by atoms with Crippen molar-refractivity contribution in [1.29, 1.82) is 0 Å². The third kappa shape index (κ3) is 5.00. The second-order valence-corrected chi connectivity index (χ2v) is 9.18. The fraction of sp³-hybridized carbons (Fsp3) is 0.167. The molecule has 0 unspecified atom stereocenters. The first-order valence-electron chi connectivity index (χ1n) is 10.2. The van der Waals surface area contributed by atoms with E-state index in [4.69, 9.17) is 4.74 Å². The van der Waals surface area contributed by atoms with Crippen molar-refractivity contribution in [2.24, 2.45) is 0 Å². The fourth-order valence-electron chi connectivity index (χ4n) is 3.51. The summed E-state index contributed by atoms with van der Waals surface area (Å²) in [4.78, 5) is 8.59. The molecule has 0 spiro atoms. The number of sulfonamides is 1. The summed E-state index contributed by atoms with van der Waals surface area (Å²) >= 11 is 0. The lowest BCUT2D eigenvalue weighted by Gasteiger charge is -2.11. The molecule has 4 rings (SSSR count). The van der Waals surface area contributed by atoms with Crippen LogP contribution in [-0.2, 0) is 27.9 Å². The first-order valence-corrected chi connectivity index (χ1v) is 11.7. The van der Waals surface area contributed by atoms with Crippen LogP contribution in [0.3, 0.4) is 0 Å². The molecule has 9 heteroatoms. The molecule has 0 bridgehead atoms. The first kappa shape index (κ1) is 22.8. The van der Waals surface area contributed by atoms with Crippen LogP contribution >= 0.6 is 0 Å². The van der Waals surface area contributed by atoms with E-state index in [-0.39, 0.29) is 17.0 Å². The molecule has 4 aromatic rings. The van der Waals surface area contributed by atoms with Gasteiger partial charge in [-0.2, -0.15) is 0 Å². The predicted octanol–water partition coefficient (Wildman–Crippen LogP) is 4.10. The lowest BCUT2D eigenvalue weighted by Crippen LogP contribution is -2.23. The van der Waals surface area contributed by atoms with Gasteiger partial charge >= 0.3 is 0 Å². The zero-order valence-electron chi connectivity index (χ0n) is 18.2. The molecule has 0 saturated heterocycles. The first-order chi connectivity index (χ1) is 15.9. The van der Waals surface area contributed by atoms with Crippen LogP contribution in [0.2, 0.25) is 0 Å². The van der Waals surface area contributed by atoms with Crippen molar-refractivity contribution in [1.82, 2.24) is 14.7 Å². The van der Waals surface area contributed by atoms with Crippen molar-refractivity contribution in [2.45, 2.75) is 18.0 Å². The highest BCUT2D eigenvalue weighted by Crippen LogP contribution is 2.28. The highest BCUT2D eigenvalue weighted by Gasteiger charge is 2.15. The van der Waals surface area contributed by atoms with E-state index in [2.05, 4.69) is 20.0 Å². The Bertz CT molecular complexity index is 1390. The molecule has 170 valence electrons. The second-order valence-electron chi connectivity index (χ2n) is 7.41. The van der Waals surface area contributed by atoms with E-state index < -0.39 is 15.8 Å². The maximum absolute atomic E-state index is 14.5. The van der Waals surface area contributed by atoms with Crippen LogP contribution in [-0.4, -0.2) is 32.5 Å². The third-order valence-corrected chi connectivity index (χ3v) is 6.67. The predicted molar refractivity (Wildman–Crippen MR) is 126 cm³/mol. The van der Waals surface area contributed by atoms with Crippen molar-refractivity contribution >= 4 is 26.7 Å². The molecule has 33 heavy (non-hydrogen) atoms. The van der Waals surface area contributed by atoms with E-state index in [0.717, 1.165) is 27.6 Å². The molecule has 2 N–H and O–H groups in total. The van der Waals surface area contributed by atoms with Crippen molar-refractivity contribution in [2.75, 3.05) is 19.5 Å². The summed E-state index contributed by atoms with van der Waals surface area (Å²) < 4.78 is 47.4. The van der Waals surface area contributed by atoms with Gasteiger partial charge in [0.15, 0.2) is 0 Å². The Morgan fingerprint density at radius 3 is 2.42 bits per heavy atom. The fourth-order valence-corrected chi connectivity index (χ4v) is 4.52. The van der Waals surface area contributed by atoms with Gasteiger partial charge in [-0.3, -0.25) is 0 Å². The van der Waals surface area contributed by atoms with Gasteiger partial charge in [0, 0.05) is 31.7 Å². The van der Waals surface area contributed by atoms with Crippen LogP contribution in [0.15, 0.2) is 71.9 Å². The lowest BCUT2D eigenvalue weighted by molar-refractivity contribution is 0.185. The minimum absolute atomic E-state index is 0.105. The molecule has 0 fully saturated rings. The summed E-state index contributed by atoms with van der Waals surface area (Å²) in [5.41, 5.74) is 3.47. The Labute approximate surface area is 191 Å². The standard InChI is InChI=1S/C24H23FN4O3S/c1-26-24-21-12-18(6-10-23(21)27-15-28-24)17-5-9-22(25)19(11-17)13-29-33(30,31)20-7-3-16(4-8-20)14-32-2/h3-12,15,29H,13-14H2,1-2H3,(H,26,27,28). The number of rotatable bonds is 8. The molecule has 0 atom stereocenters. The minimum atomic E-state index is -3.80. The van der Waals surface area contributed by atoms with E-state index in [1.165, 1.54) is 24.5 Å². The summed E-state index contributed by atoms with van der Waals surface area (Å²) in [7, 11) is -0.455. The van der Waals surface area contributed by atoms with Gasteiger partial charge in [0.25, 0.3) is 0 Å². The van der Waals surface area contributed by atoms with Crippen LogP contribution < -0.4 is 10.0 Å².